The quantitative estimate of drug-likeness (QED) is 0.723. The average molecular weight is 337 g/mol. The third-order valence-electron chi connectivity index (χ3n) is 5.61. The Hall–Kier alpha value is -2.12. The first-order valence-corrected chi connectivity index (χ1v) is 8.42. The van der Waals surface area contributed by atoms with Gasteiger partial charge in [-0.15, -0.1) is 0 Å². The SMILES string of the molecule is C[C@@H]1[C@H](C(=O)O)CCCN1C(=O)CN1C(=O)NC(C)(C2CC2)C1=O. The maximum Gasteiger partial charge on any atom is 0.325 e. The summed E-state index contributed by atoms with van der Waals surface area (Å²) in [6, 6.07) is -0.985. The van der Waals surface area contributed by atoms with E-state index in [1.54, 1.807) is 13.8 Å². The predicted octanol–water partition coefficient (Wildman–Crippen LogP) is 0.419. The van der Waals surface area contributed by atoms with Gasteiger partial charge in [-0.2, -0.15) is 0 Å². The van der Waals surface area contributed by atoms with Gasteiger partial charge in [0.05, 0.1) is 5.92 Å². The molecule has 0 aromatic heterocycles. The number of hydrogen-bond donors (Lipinski definition) is 2. The minimum atomic E-state index is -0.920. The van der Waals surface area contributed by atoms with Gasteiger partial charge in [0.25, 0.3) is 5.91 Å². The first-order chi connectivity index (χ1) is 11.3. The van der Waals surface area contributed by atoms with Crippen LogP contribution in [0, 0.1) is 11.8 Å². The Morgan fingerprint density at radius 2 is 1.96 bits per heavy atom. The Bertz CT molecular complexity index is 603. The lowest BCUT2D eigenvalue weighted by Gasteiger charge is -2.38. The summed E-state index contributed by atoms with van der Waals surface area (Å²) in [4.78, 5) is 51.0. The van der Waals surface area contributed by atoms with Crippen LogP contribution in [0.3, 0.4) is 0 Å². The van der Waals surface area contributed by atoms with Crippen molar-refractivity contribution in [2.45, 2.75) is 51.1 Å². The van der Waals surface area contributed by atoms with Crippen molar-refractivity contribution >= 4 is 23.8 Å². The molecule has 2 saturated heterocycles. The number of nitrogens with one attached hydrogen (secondary N) is 1. The Kier molecular flexibility index (Phi) is 4.01. The lowest BCUT2D eigenvalue weighted by atomic mass is 9.90. The Morgan fingerprint density at radius 1 is 1.29 bits per heavy atom. The molecule has 3 aliphatic rings. The molecule has 3 rings (SSSR count). The summed E-state index contributed by atoms with van der Waals surface area (Å²) in [6.45, 7) is 3.53. The lowest BCUT2D eigenvalue weighted by molar-refractivity contribution is -0.150. The second-order valence-corrected chi connectivity index (χ2v) is 7.21. The normalized spacial score (nSPS) is 33.6. The maximum absolute atomic E-state index is 12.6. The van der Waals surface area contributed by atoms with E-state index in [9.17, 15) is 24.3 Å². The van der Waals surface area contributed by atoms with Crippen LogP contribution in [-0.2, 0) is 14.4 Å². The number of hydrogen-bond acceptors (Lipinski definition) is 4. The molecule has 2 N–H and O–H groups in total. The summed E-state index contributed by atoms with van der Waals surface area (Å²) in [5.74, 6) is -2.13. The fraction of sp³-hybridized carbons (Fsp3) is 0.750. The molecule has 3 fully saturated rings. The molecule has 132 valence electrons. The molecule has 0 aromatic carbocycles. The highest BCUT2D eigenvalue weighted by Crippen LogP contribution is 2.42. The van der Waals surface area contributed by atoms with Gasteiger partial charge in [-0.1, -0.05) is 0 Å². The number of aliphatic carboxylic acids is 1. The van der Waals surface area contributed by atoms with Crippen LogP contribution in [0.25, 0.3) is 0 Å². The molecule has 1 unspecified atom stereocenters. The van der Waals surface area contributed by atoms with Crippen LogP contribution in [0.5, 0.6) is 0 Å². The predicted molar refractivity (Wildman–Crippen MR) is 82.9 cm³/mol. The van der Waals surface area contributed by atoms with Gasteiger partial charge in [0.1, 0.15) is 12.1 Å². The van der Waals surface area contributed by atoms with Crippen molar-refractivity contribution in [2.75, 3.05) is 13.1 Å². The van der Waals surface area contributed by atoms with Crippen molar-refractivity contribution < 1.29 is 24.3 Å². The molecule has 8 nitrogen and oxygen atoms in total. The van der Waals surface area contributed by atoms with Gasteiger partial charge in [-0.25, -0.2) is 4.79 Å². The molecule has 2 aliphatic heterocycles. The van der Waals surface area contributed by atoms with E-state index in [-0.39, 0.29) is 24.3 Å². The molecule has 1 saturated carbocycles. The minimum Gasteiger partial charge on any atom is -0.481 e. The number of piperidine rings is 1. The first kappa shape index (κ1) is 16.7. The highest BCUT2D eigenvalue weighted by molar-refractivity contribution is 6.09. The number of carboxylic acid groups (broad SMARTS) is 1. The Balaban J connectivity index is 1.69. The van der Waals surface area contributed by atoms with Crippen LogP contribution in [0.4, 0.5) is 4.79 Å². The molecule has 4 amide bonds. The van der Waals surface area contributed by atoms with Crippen molar-refractivity contribution in [3.8, 4) is 0 Å². The maximum atomic E-state index is 12.6. The number of imide groups is 1. The lowest BCUT2D eigenvalue weighted by Crippen LogP contribution is -2.53. The van der Waals surface area contributed by atoms with E-state index in [0.29, 0.717) is 19.4 Å². The van der Waals surface area contributed by atoms with Crippen molar-refractivity contribution in [3.05, 3.63) is 0 Å². The van der Waals surface area contributed by atoms with Crippen LogP contribution < -0.4 is 5.32 Å². The number of amides is 4. The van der Waals surface area contributed by atoms with Crippen LogP contribution in [0.15, 0.2) is 0 Å². The molecular weight excluding hydrogens is 314 g/mol. The number of carboxylic acids is 1. The van der Waals surface area contributed by atoms with Crippen LogP contribution in [-0.4, -0.2) is 63.4 Å². The number of urea groups is 1. The van der Waals surface area contributed by atoms with Crippen molar-refractivity contribution in [3.63, 3.8) is 0 Å². The van der Waals surface area contributed by atoms with E-state index >= 15 is 0 Å². The van der Waals surface area contributed by atoms with Gasteiger partial charge in [-0.3, -0.25) is 19.3 Å². The van der Waals surface area contributed by atoms with Gasteiger partial charge in [0, 0.05) is 12.6 Å². The Morgan fingerprint density at radius 3 is 2.54 bits per heavy atom. The summed E-state index contributed by atoms with van der Waals surface area (Å²) in [5, 5.41) is 12.0. The fourth-order valence-corrected chi connectivity index (χ4v) is 3.85. The van der Waals surface area contributed by atoms with E-state index in [2.05, 4.69) is 5.32 Å². The van der Waals surface area contributed by atoms with Gasteiger partial charge >= 0.3 is 12.0 Å². The third kappa shape index (κ3) is 2.63. The Labute approximate surface area is 140 Å². The van der Waals surface area contributed by atoms with Gasteiger partial charge in [0.15, 0.2) is 0 Å². The van der Waals surface area contributed by atoms with E-state index in [4.69, 9.17) is 0 Å². The van der Waals surface area contributed by atoms with E-state index < -0.39 is 29.5 Å². The zero-order valence-corrected chi connectivity index (χ0v) is 13.9. The zero-order valence-electron chi connectivity index (χ0n) is 13.9. The summed E-state index contributed by atoms with van der Waals surface area (Å²) in [7, 11) is 0. The van der Waals surface area contributed by atoms with E-state index in [1.165, 1.54) is 4.90 Å². The minimum absolute atomic E-state index is 0.138. The average Bonchev–Trinajstić information content (AvgIpc) is 3.33. The number of rotatable bonds is 4. The summed E-state index contributed by atoms with van der Waals surface area (Å²) in [5.41, 5.74) is -0.908. The largest absolute Gasteiger partial charge is 0.481 e. The molecular formula is C16H23N3O5. The molecule has 3 atom stereocenters. The van der Waals surface area contributed by atoms with Crippen LogP contribution >= 0.6 is 0 Å². The molecule has 24 heavy (non-hydrogen) atoms. The molecule has 0 radical (unpaired) electrons. The second-order valence-electron chi connectivity index (χ2n) is 7.21. The molecule has 0 aromatic rings. The number of carbonyl (C=O) groups is 4. The van der Waals surface area contributed by atoms with Crippen LogP contribution in [0.2, 0.25) is 0 Å². The third-order valence-corrected chi connectivity index (χ3v) is 5.61. The fourth-order valence-electron chi connectivity index (χ4n) is 3.85. The van der Waals surface area contributed by atoms with Crippen molar-refractivity contribution in [2.24, 2.45) is 11.8 Å². The number of likely N-dealkylation sites (tertiary alicyclic amines) is 1. The number of carbonyl (C=O) groups excluding carboxylic acids is 3. The standard InChI is InChI=1S/C16H23N3O5/c1-9-11(13(21)22)4-3-7-18(9)12(20)8-19-14(23)16(2,10-5-6-10)17-15(19)24/h9-11H,3-8H2,1-2H3,(H,17,24)(H,21,22)/t9-,11-,16?/m1/s1. The van der Waals surface area contributed by atoms with E-state index in [1.807, 2.05) is 0 Å². The smallest absolute Gasteiger partial charge is 0.325 e. The molecule has 0 spiro atoms. The monoisotopic (exact) mass is 337 g/mol. The second kappa shape index (κ2) is 5.75. The van der Waals surface area contributed by atoms with Crippen molar-refractivity contribution in [1.82, 2.24) is 15.1 Å². The number of nitrogens with zero attached hydrogens (tertiary/aromatic N) is 2. The summed E-state index contributed by atoms with van der Waals surface area (Å²) in [6.07, 6.45) is 2.93. The molecule has 0 bridgehead atoms. The highest BCUT2D eigenvalue weighted by Gasteiger charge is 2.56. The van der Waals surface area contributed by atoms with Gasteiger partial charge < -0.3 is 15.3 Å². The van der Waals surface area contributed by atoms with Gasteiger partial charge in [0.2, 0.25) is 5.91 Å². The zero-order chi connectivity index (χ0) is 17.6. The van der Waals surface area contributed by atoms with Crippen LogP contribution in [0.1, 0.15) is 39.5 Å². The highest BCUT2D eigenvalue weighted by atomic mass is 16.4. The molecule has 1 aliphatic carbocycles. The van der Waals surface area contributed by atoms with Gasteiger partial charge in [-0.05, 0) is 45.4 Å². The van der Waals surface area contributed by atoms with E-state index in [0.717, 1.165) is 17.7 Å². The van der Waals surface area contributed by atoms with Crippen molar-refractivity contribution in [1.29, 1.82) is 0 Å². The first-order valence-electron chi connectivity index (χ1n) is 8.42. The summed E-state index contributed by atoms with van der Waals surface area (Å²) < 4.78 is 0. The molecule has 8 heteroatoms. The topological polar surface area (TPSA) is 107 Å². The summed E-state index contributed by atoms with van der Waals surface area (Å²) >= 11 is 0. The molecule has 2 heterocycles.